The second kappa shape index (κ2) is 2.19. The van der Waals surface area contributed by atoms with Gasteiger partial charge in [0.25, 0.3) is 5.92 Å². The predicted molar refractivity (Wildman–Crippen MR) is 43.2 cm³/mol. The number of hydrogen-bond donors (Lipinski definition) is 1. The molecule has 0 saturated heterocycles. The normalized spacial score (nSPS) is 25.3. The molecule has 0 spiro atoms. The Morgan fingerprint density at radius 1 is 1.42 bits per heavy atom. The first-order valence-corrected chi connectivity index (χ1v) is 3.83. The van der Waals surface area contributed by atoms with E-state index in [9.17, 15) is 8.78 Å². The third-order valence-corrected chi connectivity index (χ3v) is 2.14. The average molecular weight is 169 g/mol. The molecule has 0 heterocycles. The number of halogens is 2. The number of nitrogen functional groups attached to an aromatic ring is 1. The minimum absolute atomic E-state index is 0.0313. The minimum Gasteiger partial charge on any atom is -0.399 e. The first-order chi connectivity index (χ1) is 5.59. The molecule has 1 aliphatic rings. The van der Waals surface area contributed by atoms with Crippen LogP contribution in [0.5, 0.6) is 0 Å². The molecule has 64 valence electrons. The highest BCUT2D eigenvalue weighted by Crippen LogP contribution is 2.55. The molecule has 1 nitrogen and oxygen atoms in total. The highest BCUT2D eigenvalue weighted by molar-refractivity contribution is 5.44. The van der Waals surface area contributed by atoms with E-state index < -0.39 is 11.8 Å². The van der Waals surface area contributed by atoms with Gasteiger partial charge in [-0.15, -0.1) is 0 Å². The first kappa shape index (κ1) is 7.53. The Morgan fingerprint density at radius 2 is 2.08 bits per heavy atom. The maximum absolute atomic E-state index is 12.6. The largest absolute Gasteiger partial charge is 0.399 e. The Hall–Kier alpha value is -1.12. The highest BCUT2D eigenvalue weighted by Gasteiger charge is 2.57. The van der Waals surface area contributed by atoms with Crippen LogP contribution in [0.25, 0.3) is 0 Å². The Morgan fingerprint density at radius 3 is 2.58 bits per heavy atom. The molecule has 0 bridgehead atoms. The van der Waals surface area contributed by atoms with Gasteiger partial charge in [0, 0.05) is 12.1 Å². The van der Waals surface area contributed by atoms with Crippen molar-refractivity contribution in [1.29, 1.82) is 0 Å². The standard InChI is InChI=1S/C9H9F2N/c10-9(11)5-8(9)6-2-1-3-7(12)4-6/h1-4,8H,5,12H2. The zero-order valence-corrected chi connectivity index (χ0v) is 6.43. The maximum Gasteiger partial charge on any atom is 0.255 e. The van der Waals surface area contributed by atoms with Gasteiger partial charge in [-0.3, -0.25) is 0 Å². The van der Waals surface area contributed by atoms with E-state index in [1.807, 2.05) is 0 Å². The van der Waals surface area contributed by atoms with Gasteiger partial charge in [-0.2, -0.15) is 0 Å². The van der Waals surface area contributed by atoms with E-state index in [1.54, 1.807) is 24.3 Å². The summed E-state index contributed by atoms with van der Waals surface area (Å²) in [6.45, 7) is 0. The molecule has 0 amide bonds. The summed E-state index contributed by atoms with van der Waals surface area (Å²) in [7, 11) is 0. The Labute approximate surface area is 69.2 Å². The second-order valence-electron chi connectivity index (χ2n) is 3.19. The number of rotatable bonds is 1. The molecule has 1 aromatic carbocycles. The second-order valence-corrected chi connectivity index (χ2v) is 3.19. The third kappa shape index (κ3) is 1.15. The highest BCUT2D eigenvalue weighted by atomic mass is 19.3. The van der Waals surface area contributed by atoms with Crippen molar-refractivity contribution < 1.29 is 8.78 Å². The van der Waals surface area contributed by atoms with Gasteiger partial charge in [-0.25, -0.2) is 8.78 Å². The van der Waals surface area contributed by atoms with Crippen molar-refractivity contribution in [2.24, 2.45) is 0 Å². The molecule has 1 aromatic rings. The number of alkyl halides is 2. The van der Waals surface area contributed by atoms with Crippen LogP contribution < -0.4 is 5.73 Å². The molecule has 0 aromatic heterocycles. The lowest BCUT2D eigenvalue weighted by molar-refractivity contribution is 0.112. The van der Waals surface area contributed by atoms with Gasteiger partial charge in [0.1, 0.15) is 0 Å². The summed E-state index contributed by atoms with van der Waals surface area (Å²) in [5, 5.41) is 0. The minimum atomic E-state index is -2.49. The zero-order chi connectivity index (χ0) is 8.77. The van der Waals surface area contributed by atoms with Crippen LogP contribution in [0.4, 0.5) is 14.5 Å². The predicted octanol–water partition coefficient (Wildman–Crippen LogP) is 2.39. The van der Waals surface area contributed by atoms with Crippen LogP contribution in [0.15, 0.2) is 24.3 Å². The van der Waals surface area contributed by atoms with E-state index in [-0.39, 0.29) is 6.42 Å². The van der Waals surface area contributed by atoms with Crippen LogP contribution in [-0.2, 0) is 0 Å². The average Bonchev–Trinajstić information content (AvgIpc) is 2.60. The van der Waals surface area contributed by atoms with Gasteiger partial charge in [-0.1, -0.05) is 12.1 Å². The van der Waals surface area contributed by atoms with Gasteiger partial charge >= 0.3 is 0 Å². The monoisotopic (exact) mass is 169 g/mol. The molecule has 1 saturated carbocycles. The molecular formula is C9H9F2N. The molecule has 1 fully saturated rings. The van der Waals surface area contributed by atoms with Gasteiger partial charge in [-0.05, 0) is 17.7 Å². The summed E-state index contributed by atoms with van der Waals surface area (Å²) < 4.78 is 25.1. The van der Waals surface area contributed by atoms with Crippen LogP contribution in [-0.4, -0.2) is 5.92 Å². The summed E-state index contributed by atoms with van der Waals surface area (Å²) in [4.78, 5) is 0. The lowest BCUT2D eigenvalue weighted by Gasteiger charge is -1.99. The van der Waals surface area contributed by atoms with Crippen LogP contribution in [0.3, 0.4) is 0 Å². The van der Waals surface area contributed by atoms with Crippen molar-refractivity contribution in [3.8, 4) is 0 Å². The van der Waals surface area contributed by atoms with Gasteiger partial charge < -0.3 is 5.73 Å². The molecule has 1 unspecified atom stereocenters. The molecular weight excluding hydrogens is 160 g/mol. The van der Waals surface area contributed by atoms with Gasteiger partial charge in [0.15, 0.2) is 0 Å². The Bertz CT molecular complexity index is 309. The van der Waals surface area contributed by atoms with Crippen LogP contribution in [0.1, 0.15) is 17.9 Å². The molecule has 2 rings (SSSR count). The number of anilines is 1. The molecule has 0 radical (unpaired) electrons. The van der Waals surface area contributed by atoms with Crippen molar-refractivity contribution >= 4 is 5.69 Å². The van der Waals surface area contributed by atoms with Gasteiger partial charge in [0.2, 0.25) is 0 Å². The van der Waals surface area contributed by atoms with E-state index in [1.165, 1.54) is 0 Å². The fourth-order valence-electron chi connectivity index (χ4n) is 1.35. The fourth-order valence-corrected chi connectivity index (χ4v) is 1.35. The van der Waals surface area contributed by atoms with Crippen molar-refractivity contribution in [1.82, 2.24) is 0 Å². The van der Waals surface area contributed by atoms with Crippen LogP contribution in [0, 0.1) is 0 Å². The van der Waals surface area contributed by atoms with Crippen molar-refractivity contribution in [3.05, 3.63) is 29.8 Å². The summed E-state index contributed by atoms with van der Waals surface area (Å²) in [5.74, 6) is -3.09. The number of hydrogen-bond acceptors (Lipinski definition) is 1. The summed E-state index contributed by atoms with van der Waals surface area (Å²) in [6, 6.07) is 6.72. The third-order valence-electron chi connectivity index (χ3n) is 2.14. The SMILES string of the molecule is Nc1cccc(C2CC2(F)F)c1. The van der Waals surface area contributed by atoms with Crippen molar-refractivity contribution in [2.75, 3.05) is 5.73 Å². The fraction of sp³-hybridized carbons (Fsp3) is 0.333. The molecule has 3 heteroatoms. The number of nitrogens with two attached hydrogens (primary N) is 1. The van der Waals surface area contributed by atoms with E-state index >= 15 is 0 Å². The summed E-state index contributed by atoms with van der Waals surface area (Å²) in [5.41, 5.74) is 6.67. The molecule has 1 atom stereocenters. The summed E-state index contributed by atoms with van der Waals surface area (Å²) >= 11 is 0. The van der Waals surface area contributed by atoms with Gasteiger partial charge in [0.05, 0.1) is 5.92 Å². The molecule has 0 aliphatic heterocycles. The molecule has 2 N–H and O–H groups in total. The Kier molecular flexibility index (Phi) is 1.37. The molecule has 12 heavy (non-hydrogen) atoms. The van der Waals surface area contributed by atoms with E-state index in [4.69, 9.17) is 5.73 Å². The van der Waals surface area contributed by atoms with Crippen LogP contribution >= 0.6 is 0 Å². The van der Waals surface area contributed by atoms with E-state index in [0.29, 0.717) is 11.3 Å². The van der Waals surface area contributed by atoms with Crippen LogP contribution in [0.2, 0.25) is 0 Å². The van der Waals surface area contributed by atoms with E-state index in [0.717, 1.165) is 0 Å². The van der Waals surface area contributed by atoms with Crippen molar-refractivity contribution in [3.63, 3.8) is 0 Å². The topological polar surface area (TPSA) is 26.0 Å². The smallest absolute Gasteiger partial charge is 0.255 e. The zero-order valence-electron chi connectivity index (χ0n) is 6.43. The first-order valence-electron chi connectivity index (χ1n) is 3.83. The van der Waals surface area contributed by atoms with E-state index in [2.05, 4.69) is 0 Å². The maximum atomic E-state index is 12.6. The lowest BCUT2D eigenvalue weighted by Crippen LogP contribution is -1.93. The number of benzene rings is 1. The Balaban J connectivity index is 2.26. The lowest BCUT2D eigenvalue weighted by atomic mass is 10.1. The van der Waals surface area contributed by atoms with Crippen molar-refractivity contribution in [2.45, 2.75) is 18.3 Å². The summed E-state index contributed by atoms with van der Waals surface area (Å²) in [6.07, 6.45) is -0.0313. The molecule has 1 aliphatic carbocycles. The quantitative estimate of drug-likeness (QED) is 0.642.